The molecular weight excluding hydrogens is 552 g/mol. The minimum absolute atomic E-state index is 0.0711. The zero-order chi connectivity index (χ0) is 17.8. The molecule has 1 aliphatic heterocycles. The van der Waals surface area contributed by atoms with Gasteiger partial charge in [-0.1, -0.05) is 0 Å². The van der Waals surface area contributed by atoms with Crippen molar-refractivity contribution in [2.75, 3.05) is 18.7 Å². The van der Waals surface area contributed by atoms with Crippen LogP contribution in [-0.4, -0.2) is 30.6 Å². The molecule has 9 heteroatoms. The van der Waals surface area contributed by atoms with Crippen LogP contribution in [0.1, 0.15) is 5.56 Å². The first-order valence-electron chi connectivity index (χ1n) is 7.16. The van der Waals surface area contributed by atoms with Crippen molar-refractivity contribution in [3.05, 3.63) is 43.0 Å². The molecule has 0 fully saturated rings. The minimum Gasteiger partial charge on any atom is -0.506 e. The molecule has 0 saturated heterocycles. The summed E-state index contributed by atoms with van der Waals surface area (Å²) in [6.07, 6.45) is 1.53. The molecule has 1 aliphatic rings. The van der Waals surface area contributed by atoms with Crippen molar-refractivity contribution in [3.8, 4) is 17.2 Å². The summed E-state index contributed by atoms with van der Waals surface area (Å²) in [7, 11) is 0. The Kier molecular flexibility index (Phi) is 5.83. The van der Waals surface area contributed by atoms with Crippen LogP contribution in [0.4, 0.5) is 5.69 Å². The highest BCUT2D eigenvalue weighted by Crippen LogP contribution is 2.34. The number of hydrazone groups is 1. The van der Waals surface area contributed by atoms with Crippen LogP contribution in [0.2, 0.25) is 0 Å². The van der Waals surface area contributed by atoms with Crippen LogP contribution in [0.15, 0.2) is 35.4 Å². The van der Waals surface area contributed by atoms with Gasteiger partial charge in [0, 0.05) is 11.8 Å². The van der Waals surface area contributed by atoms with Gasteiger partial charge in [-0.3, -0.25) is 4.79 Å². The number of anilines is 1. The quantitative estimate of drug-likeness (QED) is 0.295. The Morgan fingerprint density at radius 1 is 1.20 bits per heavy atom. The minimum atomic E-state index is -0.280. The normalized spacial score (nSPS) is 12.4. The second-order valence-electron chi connectivity index (χ2n) is 5.05. The lowest BCUT2D eigenvalue weighted by Crippen LogP contribution is -2.25. The molecule has 3 N–H and O–H groups in total. The number of nitrogens with zero attached hydrogens (tertiary/aromatic N) is 1. The SMILES string of the molecule is O=C(CNc1ccc2c(c1)OCO2)N/N=C/c1cc(I)c(O)c(I)c1. The number of hydrogen-bond acceptors (Lipinski definition) is 6. The molecule has 0 aliphatic carbocycles. The maximum atomic E-state index is 11.8. The van der Waals surface area contributed by atoms with Crippen molar-refractivity contribution >= 4 is 63.0 Å². The largest absolute Gasteiger partial charge is 0.506 e. The Morgan fingerprint density at radius 3 is 2.68 bits per heavy atom. The molecule has 25 heavy (non-hydrogen) atoms. The molecule has 0 unspecified atom stereocenters. The third kappa shape index (κ3) is 4.66. The topological polar surface area (TPSA) is 92.2 Å². The fraction of sp³-hybridized carbons (Fsp3) is 0.125. The number of hydrogen-bond donors (Lipinski definition) is 3. The van der Waals surface area contributed by atoms with E-state index in [-0.39, 0.29) is 25.0 Å². The standard InChI is InChI=1S/C16H13I2N3O4/c17-11-3-9(4-12(18)16(11)23)6-20-21-15(22)7-19-10-1-2-13-14(5-10)25-8-24-13/h1-6,19,23H,7-8H2,(H,21,22)/b20-6+. The number of aromatic hydroxyl groups is 1. The fourth-order valence-corrected chi connectivity index (χ4v) is 3.88. The number of benzene rings is 2. The van der Waals surface area contributed by atoms with Gasteiger partial charge in [0.15, 0.2) is 11.5 Å². The maximum absolute atomic E-state index is 11.8. The summed E-state index contributed by atoms with van der Waals surface area (Å²) in [5, 5.41) is 16.6. The molecule has 0 radical (unpaired) electrons. The molecule has 1 heterocycles. The number of halogens is 2. The summed E-state index contributed by atoms with van der Waals surface area (Å²) in [5.74, 6) is 1.31. The first-order valence-corrected chi connectivity index (χ1v) is 9.32. The average Bonchev–Trinajstić information content (AvgIpc) is 3.05. The van der Waals surface area contributed by atoms with E-state index in [0.29, 0.717) is 11.5 Å². The Balaban J connectivity index is 1.51. The summed E-state index contributed by atoms with van der Waals surface area (Å²) >= 11 is 4.08. The number of phenolic OH excluding ortho intramolecular Hbond substituents is 1. The first kappa shape index (κ1) is 18.0. The van der Waals surface area contributed by atoms with E-state index in [1.54, 1.807) is 24.3 Å². The van der Waals surface area contributed by atoms with E-state index in [0.717, 1.165) is 18.4 Å². The van der Waals surface area contributed by atoms with Crippen LogP contribution in [0.25, 0.3) is 0 Å². The Morgan fingerprint density at radius 2 is 1.92 bits per heavy atom. The van der Waals surface area contributed by atoms with Gasteiger partial charge in [0.05, 0.1) is 19.9 Å². The second-order valence-corrected chi connectivity index (χ2v) is 7.37. The molecule has 3 rings (SSSR count). The van der Waals surface area contributed by atoms with Crippen LogP contribution >= 0.6 is 45.2 Å². The van der Waals surface area contributed by atoms with Gasteiger partial charge in [-0.25, -0.2) is 5.43 Å². The molecule has 0 saturated carbocycles. The van der Waals surface area contributed by atoms with Gasteiger partial charge in [0.2, 0.25) is 6.79 Å². The molecule has 0 spiro atoms. The Bertz CT molecular complexity index is 819. The van der Waals surface area contributed by atoms with Gasteiger partial charge in [-0.2, -0.15) is 5.10 Å². The second kappa shape index (κ2) is 8.08. The van der Waals surface area contributed by atoms with Crippen molar-refractivity contribution in [1.82, 2.24) is 5.43 Å². The van der Waals surface area contributed by atoms with Gasteiger partial charge in [0.1, 0.15) is 5.75 Å². The Labute approximate surface area is 171 Å². The number of rotatable bonds is 5. The molecule has 1 amide bonds. The zero-order valence-electron chi connectivity index (χ0n) is 12.8. The highest BCUT2D eigenvalue weighted by atomic mass is 127. The smallest absolute Gasteiger partial charge is 0.259 e. The van der Waals surface area contributed by atoms with Crippen molar-refractivity contribution in [1.29, 1.82) is 0 Å². The van der Waals surface area contributed by atoms with Crippen LogP contribution in [0, 0.1) is 7.14 Å². The van der Waals surface area contributed by atoms with E-state index < -0.39 is 0 Å². The third-order valence-electron chi connectivity index (χ3n) is 3.27. The number of ether oxygens (including phenoxy) is 2. The first-order chi connectivity index (χ1) is 12.0. The van der Waals surface area contributed by atoms with Gasteiger partial charge in [-0.05, 0) is 75.0 Å². The van der Waals surface area contributed by atoms with Crippen LogP contribution in [0.5, 0.6) is 17.2 Å². The third-order valence-corrected chi connectivity index (χ3v) is 4.91. The Hall–Kier alpha value is -1.76. The number of carbonyl (C=O) groups is 1. The average molecular weight is 565 g/mol. The molecule has 2 aromatic rings. The summed E-state index contributed by atoms with van der Waals surface area (Å²) in [5.41, 5.74) is 4.00. The van der Waals surface area contributed by atoms with Crippen LogP contribution in [0.3, 0.4) is 0 Å². The molecule has 7 nitrogen and oxygen atoms in total. The van der Waals surface area contributed by atoms with E-state index in [1.165, 1.54) is 6.21 Å². The lowest BCUT2D eigenvalue weighted by Gasteiger charge is -2.06. The van der Waals surface area contributed by atoms with E-state index in [1.807, 2.05) is 51.2 Å². The van der Waals surface area contributed by atoms with Crippen molar-refractivity contribution < 1.29 is 19.4 Å². The molecule has 2 aromatic carbocycles. The number of carbonyl (C=O) groups excluding carboxylic acids is 1. The predicted octanol–water partition coefficient (Wildman–Crippen LogP) is 2.89. The molecule has 0 aromatic heterocycles. The lowest BCUT2D eigenvalue weighted by molar-refractivity contribution is -0.119. The van der Waals surface area contributed by atoms with Crippen molar-refractivity contribution in [2.45, 2.75) is 0 Å². The van der Waals surface area contributed by atoms with Gasteiger partial charge in [0.25, 0.3) is 5.91 Å². The van der Waals surface area contributed by atoms with Crippen LogP contribution < -0.4 is 20.2 Å². The monoisotopic (exact) mass is 565 g/mol. The van der Waals surface area contributed by atoms with E-state index in [4.69, 9.17) is 9.47 Å². The molecule has 130 valence electrons. The molecule has 0 atom stereocenters. The molecule has 0 bridgehead atoms. The maximum Gasteiger partial charge on any atom is 0.259 e. The van der Waals surface area contributed by atoms with Gasteiger partial charge < -0.3 is 19.9 Å². The van der Waals surface area contributed by atoms with E-state index in [2.05, 4.69) is 15.8 Å². The summed E-state index contributed by atoms with van der Waals surface area (Å²) < 4.78 is 12.0. The highest BCUT2D eigenvalue weighted by Gasteiger charge is 2.13. The van der Waals surface area contributed by atoms with Crippen molar-refractivity contribution in [2.24, 2.45) is 5.10 Å². The number of fused-ring (bicyclic) bond motifs is 1. The van der Waals surface area contributed by atoms with E-state index in [9.17, 15) is 9.90 Å². The lowest BCUT2D eigenvalue weighted by atomic mass is 10.2. The van der Waals surface area contributed by atoms with Crippen molar-refractivity contribution in [3.63, 3.8) is 0 Å². The highest BCUT2D eigenvalue weighted by molar-refractivity contribution is 14.1. The fourth-order valence-electron chi connectivity index (χ4n) is 2.07. The van der Waals surface area contributed by atoms with Gasteiger partial charge >= 0.3 is 0 Å². The van der Waals surface area contributed by atoms with Crippen LogP contribution in [-0.2, 0) is 4.79 Å². The van der Waals surface area contributed by atoms with Gasteiger partial charge in [-0.15, -0.1) is 0 Å². The summed E-state index contributed by atoms with van der Waals surface area (Å²) in [4.78, 5) is 11.8. The number of phenols is 1. The number of amides is 1. The summed E-state index contributed by atoms with van der Waals surface area (Å²) in [6, 6.07) is 8.93. The predicted molar refractivity (Wildman–Crippen MR) is 110 cm³/mol. The number of nitrogens with one attached hydrogen (secondary N) is 2. The van der Waals surface area contributed by atoms with E-state index >= 15 is 0 Å². The molecular formula is C16H13I2N3O4. The summed E-state index contributed by atoms with van der Waals surface area (Å²) in [6.45, 7) is 0.282. The zero-order valence-corrected chi connectivity index (χ0v) is 17.1.